The van der Waals surface area contributed by atoms with Gasteiger partial charge in [-0.1, -0.05) is 19.4 Å². The Kier molecular flexibility index (Phi) is 7.52. The molecule has 1 amide bonds. The Morgan fingerprint density at radius 3 is 2.84 bits per heavy atom. The largest absolute Gasteiger partial charge is 0.507 e. The van der Waals surface area contributed by atoms with Crippen molar-refractivity contribution in [2.45, 2.75) is 32.7 Å². The number of amides is 1. The van der Waals surface area contributed by atoms with Crippen molar-refractivity contribution in [3.05, 3.63) is 23.8 Å². The molecule has 1 aromatic rings. The zero-order chi connectivity index (χ0) is 18.2. The molecule has 1 heterocycles. The van der Waals surface area contributed by atoms with E-state index in [-0.39, 0.29) is 18.3 Å². The first-order valence-corrected chi connectivity index (χ1v) is 9.03. The number of ether oxygens (including phenoxy) is 1. The monoisotopic (exact) mass is 350 g/mol. The van der Waals surface area contributed by atoms with Crippen molar-refractivity contribution in [1.29, 1.82) is 0 Å². The van der Waals surface area contributed by atoms with E-state index in [1.54, 1.807) is 13.2 Å². The van der Waals surface area contributed by atoms with Gasteiger partial charge < -0.3 is 20.3 Å². The second kappa shape index (κ2) is 9.63. The van der Waals surface area contributed by atoms with Crippen molar-refractivity contribution in [3.8, 4) is 11.5 Å². The van der Waals surface area contributed by atoms with Gasteiger partial charge in [-0.05, 0) is 30.9 Å². The number of nitrogens with one attached hydrogen (secondary N) is 1. The number of aromatic hydroxyl groups is 1. The molecular formula is C19H30N2O4. The van der Waals surface area contributed by atoms with Gasteiger partial charge in [0.2, 0.25) is 5.91 Å². The van der Waals surface area contributed by atoms with Crippen molar-refractivity contribution in [2.75, 3.05) is 33.4 Å². The first kappa shape index (κ1) is 19.5. The molecule has 0 radical (unpaired) electrons. The minimum Gasteiger partial charge on any atom is -0.507 e. The molecule has 6 nitrogen and oxygen atoms in total. The number of rotatable bonds is 8. The van der Waals surface area contributed by atoms with E-state index in [2.05, 4.69) is 17.1 Å². The zero-order valence-electron chi connectivity index (χ0n) is 15.2. The fourth-order valence-corrected chi connectivity index (χ4v) is 3.58. The summed E-state index contributed by atoms with van der Waals surface area (Å²) in [7, 11) is 1.59. The van der Waals surface area contributed by atoms with Crippen molar-refractivity contribution in [2.24, 2.45) is 11.8 Å². The molecule has 0 unspecified atom stereocenters. The number of carbonyl (C=O) groups excluding carboxylic acids is 1. The van der Waals surface area contributed by atoms with Gasteiger partial charge >= 0.3 is 0 Å². The fraction of sp³-hybridized carbons (Fsp3) is 0.632. The SMILES string of the molecule is CC[C@H]1CN(Cc2ccc(OC)cc2O)CC[C@H]1CC(=O)NCCO. The molecule has 2 rings (SSSR count). The number of carbonyl (C=O) groups is 1. The van der Waals surface area contributed by atoms with E-state index in [0.29, 0.717) is 37.1 Å². The molecule has 2 atom stereocenters. The van der Waals surface area contributed by atoms with Crippen molar-refractivity contribution in [3.63, 3.8) is 0 Å². The molecule has 1 fully saturated rings. The van der Waals surface area contributed by atoms with E-state index in [1.807, 2.05) is 12.1 Å². The van der Waals surface area contributed by atoms with Gasteiger partial charge in [-0.3, -0.25) is 9.69 Å². The standard InChI is InChI=1S/C19H30N2O4/c1-3-14-12-21(8-6-15(14)10-19(24)20-7-9-22)13-16-4-5-17(25-2)11-18(16)23/h4-5,11,14-15,22-23H,3,6-10,12-13H2,1-2H3,(H,20,24)/t14-,15-/m0/s1. The van der Waals surface area contributed by atoms with Crippen LogP contribution in [0.15, 0.2) is 18.2 Å². The molecule has 3 N–H and O–H groups in total. The number of aliphatic hydroxyl groups is 1. The van der Waals surface area contributed by atoms with Crippen LogP contribution in [0.3, 0.4) is 0 Å². The van der Waals surface area contributed by atoms with E-state index in [1.165, 1.54) is 0 Å². The topological polar surface area (TPSA) is 82.0 Å². The van der Waals surface area contributed by atoms with Crippen LogP contribution >= 0.6 is 0 Å². The summed E-state index contributed by atoms with van der Waals surface area (Å²) in [4.78, 5) is 14.3. The number of benzene rings is 1. The number of aliphatic hydroxyl groups excluding tert-OH is 1. The molecule has 0 spiro atoms. The lowest BCUT2D eigenvalue weighted by atomic mass is 9.81. The van der Waals surface area contributed by atoms with Gasteiger partial charge in [0, 0.05) is 37.7 Å². The molecule has 140 valence electrons. The molecule has 1 aliphatic rings. The maximum Gasteiger partial charge on any atom is 0.220 e. The van der Waals surface area contributed by atoms with Gasteiger partial charge in [0.25, 0.3) is 0 Å². The average Bonchev–Trinajstić information content (AvgIpc) is 2.62. The molecule has 25 heavy (non-hydrogen) atoms. The van der Waals surface area contributed by atoms with Gasteiger partial charge in [-0.15, -0.1) is 0 Å². The van der Waals surface area contributed by atoms with Crippen LogP contribution in [0.2, 0.25) is 0 Å². The number of hydrogen-bond acceptors (Lipinski definition) is 5. The van der Waals surface area contributed by atoms with Crippen LogP contribution < -0.4 is 10.1 Å². The molecule has 0 saturated carbocycles. The minimum absolute atomic E-state index is 0.0211. The van der Waals surface area contributed by atoms with Gasteiger partial charge in [-0.25, -0.2) is 0 Å². The Labute approximate surface area is 149 Å². The highest BCUT2D eigenvalue weighted by atomic mass is 16.5. The van der Waals surface area contributed by atoms with Crippen LogP contribution in [-0.2, 0) is 11.3 Å². The number of methoxy groups -OCH3 is 1. The van der Waals surface area contributed by atoms with Crippen LogP contribution in [-0.4, -0.2) is 54.4 Å². The maximum absolute atomic E-state index is 11.9. The van der Waals surface area contributed by atoms with E-state index in [0.717, 1.165) is 31.5 Å². The molecular weight excluding hydrogens is 320 g/mol. The zero-order valence-corrected chi connectivity index (χ0v) is 15.2. The van der Waals surface area contributed by atoms with E-state index in [9.17, 15) is 9.90 Å². The normalized spacial score (nSPS) is 21.1. The third kappa shape index (κ3) is 5.61. The highest BCUT2D eigenvalue weighted by Crippen LogP contribution is 2.31. The quantitative estimate of drug-likeness (QED) is 0.665. The summed E-state index contributed by atoms with van der Waals surface area (Å²) in [6.07, 6.45) is 2.53. The summed E-state index contributed by atoms with van der Waals surface area (Å²) < 4.78 is 5.13. The number of phenolic OH excluding ortho intramolecular Hbond substituents is 1. The van der Waals surface area contributed by atoms with Crippen LogP contribution in [0, 0.1) is 11.8 Å². The lowest BCUT2D eigenvalue weighted by Gasteiger charge is -2.38. The molecule has 0 bridgehead atoms. The summed E-state index contributed by atoms with van der Waals surface area (Å²) >= 11 is 0. The smallest absolute Gasteiger partial charge is 0.220 e. The Morgan fingerprint density at radius 2 is 2.20 bits per heavy atom. The number of hydrogen-bond donors (Lipinski definition) is 3. The first-order chi connectivity index (χ1) is 12.1. The number of piperidine rings is 1. The van der Waals surface area contributed by atoms with E-state index >= 15 is 0 Å². The highest BCUT2D eigenvalue weighted by molar-refractivity contribution is 5.76. The molecule has 1 saturated heterocycles. The Balaban J connectivity index is 1.91. The van der Waals surface area contributed by atoms with E-state index in [4.69, 9.17) is 9.84 Å². The Bertz CT molecular complexity index is 564. The Hall–Kier alpha value is -1.79. The molecule has 0 aromatic heterocycles. The van der Waals surface area contributed by atoms with Gasteiger partial charge in [0.1, 0.15) is 11.5 Å². The van der Waals surface area contributed by atoms with Crippen molar-refractivity contribution in [1.82, 2.24) is 10.2 Å². The number of nitrogens with zero attached hydrogens (tertiary/aromatic N) is 1. The number of likely N-dealkylation sites (tertiary alicyclic amines) is 1. The summed E-state index contributed by atoms with van der Waals surface area (Å²) in [5, 5.41) is 21.7. The van der Waals surface area contributed by atoms with Crippen LogP contribution in [0.1, 0.15) is 31.7 Å². The summed E-state index contributed by atoms with van der Waals surface area (Å²) in [6, 6.07) is 5.42. The highest BCUT2D eigenvalue weighted by Gasteiger charge is 2.29. The molecule has 0 aliphatic carbocycles. The molecule has 6 heteroatoms. The van der Waals surface area contributed by atoms with Crippen LogP contribution in [0.5, 0.6) is 11.5 Å². The summed E-state index contributed by atoms with van der Waals surface area (Å²) in [5.41, 5.74) is 0.898. The second-order valence-electron chi connectivity index (χ2n) is 6.72. The average molecular weight is 350 g/mol. The minimum atomic E-state index is -0.0211. The van der Waals surface area contributed by atoms with Gasteiger partial charge in [0.15, 0.2) is 0 Å². The third-order valence-corrected chi connectivity index (χ3v) is 5.07. The van der Waals surface area contributed by atoms with Crippen LogP contribution in [0.25, 0.3) is 0 Å². The van der Waals surface area contributed by atoms with Gasteiger partial charge in [-0.2, -0.15) is 0 Å². The number of phenols is 1. The fourth-order valence-electron chi connectivity index (χ4n) is 3.58. The molecule has 1 aliphatic heterocycles. The first-order valence-electron chi connectivity index (χ1n) is 9.03. The lowest BCUT2D eigenvalue weighted by molar-refractivity contribution is -0.123. The van der Waals surface area contributed by atoms with E-state index < -0.39 is 0 Å². The predicted octanol–water partition coefficient (Wildman–Crippen LogP) is 1.75. The predicted molar refractivity (Wildman–Crippen MR) is 96.5 cm³/mol. The summed E-state index contributed by atoms with van der Waals surface area (Å²) in [5.74, 6) is 1.79. The third-order valence-electron chi connectivity index (χ3n) is 5.07. The Morgan fingerprint density at radius 1 is 1.40 bits per heavy atom. The van der Waals surface area contributed by atoms with Crippen LogP contribution in [0.4, 0.5) is 0 Å². The second-order valence-corrected chi connectivity index (χ2v) is 6.72. The van der Waals surface area contributed by atoms with Crippen molar-refractivity contribution >= 4 is 5.91 Å². The molecule has 1 aromatic carbocycles. The van der Waals surface area contributed by atoms with Crippen molar-refractivity contribution < 1.29 is 19.7 Å². The summed E-state index contributed by atoms with van der Waals surface area (Å²) in [6.45, 7) is 5.02. The maximum atomic E-state index is 11.9. The lowest BCUT2D eigenvalue weighted by Crippen LogP contribution is -2.41. The van der Waals surface area contributed by atoms with Gasteiger partial charge in [0.05, 0.1) is 13.7 Å².